The summed E-state index contributed by atoms with van der Waals surface area (Å²) in [4.78, 5) is 38.4. The molecule has 0 bridgehead atoms. The van der Waals surface area contributed by atoms with Gasteiger partial charge in [-0.2, -0.15) is 0 Å². The maximum absolute atomic E-state index is 12.8. The molecule has 0 spiro atoms. The van der Waals surface area contributed by atoms with Gasteiger partial charge in [0.05, 0.1) is 17.0 Å². The van der Waals surface area contributed by atoms with E-state index in [2.05, 4.69) is 19.2 Å². The van der Waals surface area contributed by atoms with Crippen molar-refractivity contribution in [2.24, 2.45) is 17.6 Å². The summed E-state index contributed by atoms with van der Waals surface area (Å²) in [7, 11) is 0. The zero-order chi connectivity index (χ0) is 18.6. The molecular formula is C18H24ClN3O3. The van der Waals surface area contributed by atoms with Gasteiger partial charge in [0, 0.05) is 13.1 Å². The van der Waals surface area contributed by atoms with Gasteiger partial charge in [-0.25, -0.2) is 0 Å². The number of nitrogens with zero attached hydrogens (tertiary/aromatic N) is 1. The van der Waals surface area contributed by atoms with Crippen molar-refractivity contribution in [2.75, 3.05) is 13.1 Å². The number of piperidine rings is 1. The molecule has 0 saturated carbocycles. The lowest BCUT2D eigenvalue weighted by Gasteiger charge is -2.37. The second-order valence-corrected chi connectivity index (χ2v) is 7.27. The molecule has 25 heavy (non-hydrogen) atoms. The fraction of sp³-hybridized carbons (Fsp3) is 0.500. The summed E-state index contributed by atoms with van der Waals surface area (Å²) in [6.07, 6.45) is 0.810. The van der Waals surface area contributed by atoms with Crippen LogP contribution in [-0.4, -0.2) is 41.8 Å². The molecule has 3 unspecified atom stereocenters. The van der Waals surface area contributed by atoms with Gasteiger partial charge in [0.2, 0.25) is 11.8 Å². The number of nitrogens with one attached hydrogen (secondary N) is 1. The van der Waals surface area contributed by atoms with Crippen molar-refractivity contribution in [1.82, 2.24) is 10.2 Å². The summed E-state index contributed by atoms with van der Waals surface area (Å²) in [5.41, 5.74) is 5.53. The molecule has 7 heteroatoms. The van der Waals surface area contributed by atoms with E-state index in [1.807, 2.05) is 0 Å². The number of halogens is 1. The Morgan fingerprint density at radius 3 is 2.40 bits per heavy atom. The molecular weight excluding hydrogens is 342 g/mol. The fourth-order valence-corrected chi connectivity index (χ4v) is 3.57. The van der Waals surface area contributed by atoms with Gasteiger partial charge in [0.15, 0.2) is 0 Å². The molecule has 1 aromatic rings. The molecule has 1 aromatic carbocycles. The van der Waals surface area contributed by atoms with Crippen LogP contribution in [0.4, 0.5) is 0 Å². The van der Waals surface area contributed by atoms with Crippen molar-refractivity contribution in [3.8, 4) is 0 Å². The van der Waals surface area contributed by atoms with Gasteiger partial charge in [0.25, 0.3) is 5.91 Å². The van der Waals surface area contributed by atoms with Crippen molar-refractivity contribution in [3.63, 3.8) is 0 Å². The Morgan fingerprint density at radius 2 is 1.84 bits per heavy atom. The highest BCUT2D eigenvalue weighted by Gasteiger charge is 2.32. The molecule has 1 saturated heterocycles. The van der Waals surface area contributed by atoms with Crippen LogP contribution in [-0.2, 0) is 9.59 Å². The molecule has 3 atom stereocenters. The van der Waals surface area contributed by atoms with E-state index < -0.39 is 17.9 Å². The van der Waals surface area contributed by atoms with E-state index in [0.717, 1.165) is 6.42 Å². The van der Waals surface area contributed by atoms with Gasteiger partial charge in [-0.15, -0.1) is 0 Å². The highest BCUT2D eigenvalue weighted by molar-refractivity contribution is 6.33. The second kappa shape index (κ2) is 8.34. The van der Waals surface area contributed by atoms with E-state index in [1.165, 1.54) is 0 Å². The molecule has 3 N–H and O–H groups in total. The van der Waals surface area contributed by atoms with Crippen molar-refractivity contribution in [2.45, 2.75) is 32.7 Å². The minimum absolute atomic E-state index is 0.242. The molecule has 6 nitrogen and oxygen atoms in total. The van der Waals surface area contributed by atoms with Gasteiger partial charge in [0.1, 0.15) is 6.04 Å². The fourth-order valence-electron chi connectivity index (χ4n) is 3.35. The van der Waals surface area contributed by atoms with Crippen LogP contribution in [0.2, 0.25) is 5.02 Å². The number of benzene rings is 1. The molecule has 0 aromatic heterocycles. The zero-order valence-corrected chi connectivity index (χ0v) is 15.3. The topological polar surface area (TPSA) is 92.5 Å². The smallest absolute Gasteiger partial charge is 0.253 e. The minimum Gasteiger partial charge on any atom is -0.370 e. The first kappa shape index (κ1) is 19.2. The second-order valence-electron chi connectivity index (χ2n) is 6.87. The lowest BCUT2D eigenvalue weighted by Crippen LogP contribution is -2.53. The van der Waals surface area contributed by atoms with Crippen LogP contribution in [0.15, 0.2) is 24.3 Å². The maximum atomic E-state index is 12.8. The third-order valence-corrected chi connectivity index (χ3v) is 4.64. The Kier molecular flexibility index (Phi) is 6.42. The lowest BCUT2D eigenvalue weighted by atomic mass is 9.91. The number of primary amides is 1. The number of carbonyl (C=O) groups is 3. The van der Waals surface area contributed by atoms with Crippen LogP contribution in [0.1, 0.15) is 37.0 Å². The predicted octanol–water partition coefficient (Wildman–Crippen LogP) is 1.82. The van der Waals surface area contributed by atoms with Gasteiger partial charge in [-0.3, -0.25) is 14.4 Å². The number of nitrogens with two attached hydrogens (primary N) is 1. The predicted molar refractivity (Wildman–Crippen MR) is 96.0 cm³/mol. The molecule has 1 aliphatic heterocycles. The van der Waals surface area contributed by atoms with Crippen LogP contribution in [0, 0.1) is 11.8 Å². The first-order chi connectivity index (χ1) is 11.8. The van der Waals surface area contributed by atoms with Gasteiger partial charge < -0.3 is 16.0 Å². The summed E-state index contributed by atoms with van der Waals surface area (Å²) >= 11 is 6.03. The summed E-state index contributed by atoms with van der Waals surface area (Å²) in [6.45, 7) is 5.39. The number of likely N-dealkylation sites (tertiary alicyclic amines) is 1. The highest BCUT2D eigenvalue weighted by Crippen LogP contribution is 2.22. The molecule has 1 fully saturated rings. The van der Waals surface area contributed by atoms with E-state index in [4.69, 9.17) is 17.3 Å². The van der Waals surface area contributed by atoms with Crippen LogP contribution in [0.25, 0.3) is 0 Å². The van der Waals surface area contributed by atoms with Gasteiger partial charge >= 0.3 is 0 Å². The Balaban J connectivity index is 2.15. The number of hydrogen-bond acceptors (Lipinski definition) is 3. The zero-order valence-electron chi connectivity index (χ0n) is 14.5. The molecule has 0 radical (unpaired) electrons. The standard InChI is InChI=1S/C18H24ClN3O3/c1-11-7-12(2)10-22(9-11)18(25)15(8-16(20)23)21-17(24)13-5-3-4-6-14(13)19/h3-6,11-12,15H,7-10H2,1-2H3,(H2,20,23)(H,21,24). The SMILES string of the molecule is CC1CC(C)CN(C(=O)C(CC(N)=O)NC(=O)c2ccccc2Cl)C1. The van der Waals surface area contributed by atoms with Crippen LogP contribution in [0.3, 0.4) is 0 Å². The van der Waals surface area contributed by atoms with Crippen molar-refractivity contribution >= 4 is 29.3 Å². The summed E-state index contributed by atoms with van der Waals surface area (Å²) in [5, 5.41) is 2.90. The Bertz CT molecular complexity index is 655. The van der Waals surface area contributed by atoms with Crippen molar-refractivity contribution in [3.05, 3.63) is 34.9 Å². The van der Waals surface area contributed by atoms with Gasteiger partial charge in [-0.1, -0.05) is 37.6 Å². The first-order valence-electron chi connectivity index (χ1n) is 8.40. The largest absolute Gasteiger partial charge is 0.370 e. The van der Waals surface area contributed by atoms with Crippen molar-refractivity contribution < 1.29 is 14.4 Å². The monoisotopic (exact) mass is 365 g/mol. The number of amides is 3. The Labute approximate surface area is 152 Å². The molecule has 3 amide bonds. The average molecular weight is 366 g/mol. The third kappa shape index (κ3) is 5.19. The van der Waals surface area contributed by atoms with E-state index in [1.54, 1.807) is 29.2 Å². The van der Waals surface area contributed by atoms with Gasteiger partial charge in [-0.05, 0) is 30.4 Å². The number of rotatable bonds is 5. The number of hydrogen-bond donors (Lipinski definition) is 2. The van der Waals surface area contributed by atoms with E-state index in [0.29, 0.717) is 24.9 Å². The normalized spacial score (nSPS) is 21.5. The highest BCUT2D eigenvalue weighted by atomic mass is 35.5. The first-order valence-corrected chi connectivity index (χ1v) is 8.78. The number of carbonyl (C=O) groups excluding carboxylic acids is 3. The average Bonchev–Trinajstić information content (AvgIpc) is 2.52. The van der Waals surface area contributed by atoms with Crippen LogP contribution < -0.4 is 11.1 Å². The molecule has 0 aliphatic carbocycles. The lowest BCUT2D eigenvalue weighted by molar-refractivity contribution is -0.137. The summed E-state index contributed by atoms with van der Waals surface area (Å²) in [5.74, 6) is -0.667. The third-order valence-electron chi connectivity index (χ3n) is 4.31. The van der Waals surface area contributed by atoms with Crippen LogP contribution >= 0.6 is 11.6 Å². The molecule has 1 heterocycles. The van der Waals surface area contributed by atoms with Crippen LogP contribution in [0.5, 0.6) is 0 Å². The molecule has 136 valence electrons. The molecule has 1 aliphatic rings. The Morgan fingerprint density at radius 1 is 1.24 bits per heavy atom. The maximum Gasteiger partial charge on any atom is 0.253 e. The van der Waals surface area contributed by atoms with E-state index in [-0.39, 0.29) is 22.9 Å². The minimum atomic E-state index is -0.987. The Hall–Kier alpha value is -2.08. The van der Waals surface area contributed by atoms with E-state index >= 15 is 0 Å². The van der Waals surface area contributed by atoms with E-state index in [9.17, 15) is 14.4 Å². The van der Waals surface area contributed by atoms with Crippen molar-refractivity contribution in [1.29, 1.82) is 0 Å². The summed E-state index contributed by atoms with van der Waals surface area (Å²) in [6, 6.07) is 5.56. The quantitative estimate of drug-likeness (QED) is 0.833. The summed E-state index contributed by atoms with van der Waals surface area (Å²) < 4.78 is 0. The molecule has 2 rings (SSSR count).